The lowest BCUT2D eigenvalue weighted by atomic mass is 9.94. The van der Waals surface area contributed by atoms with Crippen molar-refractivity contribution in [2.24, 2.45) is 5.92 Å². The molecule has 1 unspecified atom stereocenters. The summed E-state index contributed by atoms with van der Waals surface area (Å²) in [7, 11) is 0. The highest BCUT2D eigenvalue weighted by Crippen LogP contribution is 2.34. The first-order valence-corrected chi connectivity index (χ1v) is 4.53. The Morgan fingerprint density at radius 1 is 1.29 bits per heavy atom. The van der Waals surface area contributed by atoms with Gasteiger partial charge in [-0.2, -0.15) is 13.2 Å². The van der Waals surface area contributed by atoms with Crippen LogP contribution in [0.25, 0.3) is 0 Å². The smallest absolute Gasteiger partial charge is 0.166 e. The van der Waals surface area contributed by atoms with E-state index in [1.807, 2.05) is 6.08 Å². The van der Waals surface area contributed by atoms with Gasteiger partial charge in [-0.05, 0) is 19.3 Å². The van der Waals surface area contributed by atoms with E-state index in [-0.39, 0.29) is 0 Å². The molecule has 0 saturated carbocycles. The van der Waals surface area contributed by atoms with E-state index in [9.17, 15) is 13.2 Å². The highest BCUT2D eigenvalue weighted by atomic mass is 19.4. The molecule has 14 heavy (non-hydrogen) atoms. The zero-order valence-electron chi connectivity index (χ0n) is 8.23. The molecule has 0 saturated heterocycles. The topological polar surface area (TPSA) is 0 Å². The lowest BCUT2D eigenvalue weighted by Gasteiger charge is -2.18. The van der Waals surface area contributed by atoms with Crippen LogP contribution in [-0.4, -0.2) is 6.18 Å². The van der Waals surface area contributed by atoms with E-state index in [0.717, 1.165) is 5.57 Å². The molecule has 1 aliphatic carbocycles. The standard InChI is InChI=1S/C11H13F3/c1-8-4-3-5-9(2)10(7-6-8)11(12,13)14/h3-4,6-7,9H,5H2,1-2H3/b4-3+,8-6-,10-7+. The van der Waals surface area contributed by atoms with Gasteiger partial charge in [0.25, 0.3) is 0 Å². The molecule has 0 N–H and O–H groups in total. The third kappa shape index (κ3) is 2.76. The third-order valence-electron chi connectivity index (χ3n) is 2.25. The first-order valence-electron chi connectivity index (χ1n) is 4.53. The lowest BCUT2D eigenvalue weighted by Crippen LogP contribution is -2.18. The van der Waals surface area contributed by atoms with Crippen molar-refractivity contribution in [3.63, 3.8) is 0 Å². The number of hydrogen-bond acceptors (Lipinski definition) is 0. The first kappa shape index (κ1) is 11.1. The van der Waals surface area contributed by atoms with Crippen LogP contribution in [0, 0.1) is 5.92 Å². The van der Waals surface area contributed by atoms with Crippen LogP contribution < -0.4 is 0 Å². The highest BCUT2D eigenvalue weighted by Gasteiger charge is 2.36. The van der Waals surface area contributed by atoms with Gasteiger partial charge >= 0.3 is 6.18 Å². The average Bonchev–Trinajstić information content (AvgIpc) is 1.98. The fourth-order valence-corrected chi connectivity index (χ4v) is 1.40. The van der Waals surface area contributed by atoms with Crippen LogP contribution in [0.5, 0.6) is 0 Å². The Balaban J connectivity index is 3.03. The number of halogens is 3. The van der Waals surface area contributed by atoms with Crippen molar-refractivity contribution in [1.29, 1.82) is 0 Å². The summed E-state index contributed by atoms with van der Waals surface area (Å²) in [5, 5.41) is 0. The predicted molar refractivity (Wildman–Crippen MR) is 50.8 cm³/mol. The minimum absolute atomic E-state index is 0.441. The van der Waals surface area contributed by atoms with Crippen LogP contribution in [0.1, 0.15) is 20.3 Å². The molecular weight excluding hydrogens is 189 g/mol. The molecule has 0 bridgehead atoms. The maximum Gasteiger partial charge on any atom is 0.412 e. The van der Waals surface area contributed by atoms with E-state index >= 15 is 0 Å². The van der Waals surface area contributed by atoms with Crippen molar-refractivity contribution in [1.82, 2.24) is 0 Å². The van der Waals surface area contributed by atoms with Gasteiger partial charge in [-0.3, -0.25) is 0 Å². The molecular formula is C11H13F3. The van der Waals surface area contributed by atoms with Gasteiger partial charge in [-0.25, -0.2) is 0 Å². The summed E-state index contributed by atoms with van der Waals surface area (Å²) in [6, 6.07) is 0. The summed E-state index contributed by atoms with van der Waals surface area (Å²) in [5.74, 6) is -0.462. The van der Waals surface area contributed by atoms with Gasteiger partial charge in [0.05, 0.1) is 0 Å². The van der Waals surface area contributed by atoms with Crippen molar-refractivity contribution >= 4 is 0 Å². The van der Waals surface area contributed by atoms with E-state index < -0.39 is 17.7 Å². The number of allylic oxidation sites excluding steroid dienone is 6. The Labute approximate surface area is 81.8 Å². The van der Waals surface area contributed by atoms with Gasteiger partial charge in [0, 0.05) is 5.57 Å². The zero-order valence-corrected chi connectivity index (χ0v) is 8.23. The number of hydrogen-bond donors (Lipinski definition) is 0. The van der Waals surface area contributed by atoms with Gasteiger partial charge in [0.1, 0.15) is 0 Å². The Kier molecular flexibility index (Phi) is 3.19. The van der Waals surface area contributed by atoms with Gasteiger partial charge in [-0.1, -0.05) is 36.8 Å². The molecule has 0 spiro atoms. The number of alkyl halides is 3. The normalized spacial score (nSPS) is 33.4. The second kappa shape index (κ2) is 4.03. The third-order valence-corrected chi connectivity index (χ3v) is 2.25. The Morgan fingerprint density at radius 3 is 2.50 bits per heavy atom. The van der Waals surface area contributed by atoms with Gasteiger partial charge < -0.3 is 0 Å². The molecule has 0 nitrogen and oxygen atoms in total. The SMILES string of the molecule is CC1=C/C=C(/C(F)(F)F)C(C)C\C=C\1. The Morgan fingerprint density at radius 2 is 1.93 bits per heavy atom. The van der Waals surface area contributed by atoms with Crippen LogP contribution >= 0.6 is 0 Å². The van der Waals surface area contributed by atoms with Crippen LogP contribution in [0.15, 0.2) is 35.5 Å². The van der Waals surface area contributed by atoms with E-state index in [4.69, 9.17) is 0 Å². The summed E-state index contributed by atoms with van der Waals surface area (Å²) >= 11 is 0. The van der Waals surface area contributed by atoms with Crippen molar-refractivity contribution < 1.29 is 13.2 Å². The minimum atomic E-state index is -4.21. The summed E-state index contributed by atoms with van der Waals surface area (Å²) in [4.78, 5) is 0. The first-order chi connectivity index (χ1) is 6.41. The summed E-state index contributed by atoms with van der Waals surface area (Å²) in [6.45, 7) is 3.38. The molecule has 0 aliphatic heterocycles. The maximum absolute atomic E-state index is 12.5. The van der Waals surface area contributed by atoms with Crippen LogP contribution in [0.2, 0.25) is 0 Å². The second-order valence-corrected chi connectivity index (χ2v) is 3.57. The van der Waals surface area contributed by atoms with Crippen molar-refractivity contribution in [2.45, 2.75) is 26.4 Å². The van der Waals surface area contributed by atoms with Gasteiger partial charge in [-0.15, -0.1) is 0 Å². The molecule has 1 aliphatic rings. The second-order valence-electron chi connectivity index (χ2n) is 3.57. The molecule has 1 rings (SSSR count). The molecule has 0 aromatic heterocycles. The quantitative estimate of drug-likeness (QED) is 0.556. The minimum Gasteiger partial charge on any atom is -0.166 e. The Bertz CT molecular complexity index is 292. The average molecular weight is 202 g/mol. The molecule has 0 aromatic carbocycles. The molecule has 3 heteroatoms. The predicted octanol–water partition coefficient (Wildman–Crippen LogP) is 4.02. The molecule has 0 heterocycles. The summed E-state index contributed by atoms with van der Waals surface area (Å²) < 4.78 is 37.5. The molecule has 0 radical (unpaired) electrons. The molecule has 78 valence electrons. The van der Waals surface area contributed by atoms with E-state index in [0.29, 0.717) is 6.42 Å². The number of rotatable bonds is 0. The van der Waals surface area contributed by atoms with Crippen molar-refractivity contribution in [3.05, 3.63) is 35.5 Å². The molecule has 1 atom stereocenters. The fraction of sp³-hybridized carbons (Fsp3) is 0.455. The van der Waals surface area contributed by atoms with Crippen LogP contribution in [0.3, 0.4) is 0 Å². The highest BCUT2D eigenvalue weighted by molar-refractivity contribution is 5.29. The lowest BCUT2D eigenvalue weighted by molar-refractivity contribution is -0.0982. The monoisotopic (exact) mass is 202 g/mol. The Hall–Kier alpha value is -0.990. The van der Waals surface area contributed by atoms with Crippen molar-refractivity contribution in [3.8, 4) is 0 Å². The van der Waals surface area contributed by atoms with E-state index in [1.165, 1.54) is 12.2 Å². The largest absolute Gasteiger partial charge is 0.412 e. The van der Waals surface area contributed by atoms with Crippen molar-refractivity contribution in [2.75, 3.05) is 0 Å². The van der Waals surface area contributed by atoms with E-state index in [2.05, 4.69) is 0 Å². The fourth-order valence-electron chi connectivity index (χ4n) is 1.40. The van der Waals surface area contributed by atoms with Crippen LogP contribution in [-0.2, 0) is 0 Å². The van der Waals surface area contributed by atoms with Crippen LogP contribution in [0.4, 0.5) is 13.2 Å². The summed E-state index contributed by atoms with van der Waals surface area (Å²) in [5.41, 5.74) is 0.403. The zero-order chi connectivity index (χ0) is 10.8. The van der Waals surface area contributed by atoms with E-state index in [1.54, 1.807) is 19.9 Å². The van der Waals surface area contributed by atoms with Gasteiger partial charge in [0.15, 0.2) is 0 Å². The summed E-state index contributed by atoms with van der Waals surface area (Å²) in [6.07, 6.45) is 2.56. The maximum atomic E-state index is 12.5. The molecule has 0 amide bonds. The van der Waals surface area contributed by atoms with Gasteiger partial charge in [0.2, 0.25) is 0 Å². The molecule has 0 fully saturated rings. The molecule has 0 aromatic rings.